The van der Waals surface area contributed by atoms with E-state index in [9.17, 15) is 9.18 Å². The lowest BCUT2D eigenvalue weighted by atomic mass is 10.0. The second-order valence-corrected chi connectivity index (χ2v) is 7.00. The number of halogens is 1. The van der Waals surface area contributed by atoms with E-state index in [1.165, 1.54) is 37.0 Å². The molecule has 134 valence electrons. The summed E-state index contributed by atoms with van der Waals surface area (Å²) in [5.41, 5.74) is 1.25. The first-order valence-corrected chi connectivity index (χ1v) is 9.58. The second-order valence-electron chi connectivity index (χ2n) is 6.22. The third-order valence-corrected chi connectivity index (χ3v) is 5.12. The van der Waals surface area contributed by atoms with Gasteiger partial charge in [-0.1, -0.05) is 12.5 Å². The van der Waals surface area contributed by atoms with Crippen molar-refractivity contribution < 1.29 is 13.9 Å². The number of carbonyl (C=O) groups excluding carboxylic acids is 1. The summed E-state index contributed by atoms with van der Waals surface area (Å²) < 4.78 is 18.5. The van der Waals surface area contributed by atoms with Crippen LogP contribution in [0.1, 0.15) is 30.9 Å². The summed E-state index contributed by atoms with van der Waals surface area (Å²) in [4.78, 5) is 14.6. The van der Waals surface area contributed by atoms with Gasteiger partial charge in [0.05, 0.1) is 6.04 Å². The highest BCUT2D eigenvalue weighted by Gasteiger charge is 2.23. The minimum absolute atomic E-state index is 0.111. The molecule has 2 heterocycles. The Balaban J connectivity index is 1.52. The van der Waals surface area contributed by atoms with Crippen LogP contribution in [0.3, 0.4) is 0 Å². The minimum Gasteiger partial charge on any atom is -0.484 e. The van der Waals surface area contributed by atoms with E-state index in [0.717, 1.165) is 13.1 Å². The van der Waals surface area contributed by atoms with Crippen LogP contribution < -0.4 is 10.1 Å². The fourth-order valence-electron chi connectivity index (χ4n) is 3.12. The Morgan fingerprint density at radius 2 is 2.12 bits per heavy atom. The molecule has 0 bridgehead atoms. The van der Waals surface area contributed by atoms with Crippen LogP contribution >= 0.6 is 11.3 Å². The standard InChI is InChI=1S/C19H23FN2O2S/c20-16-5-4-6-17(11-16)24-13-19(23)21-12-18(15-7-10-25-14-15)22-8-2-1-3-9-22/h4-7,10-11,14,18H,1-3,8-9,12-13H2,(H,21,23). The Hall–Kier alpha value is -1.92. The third kappa shape index (κ3) is 5.28. The lowest BCUT2D eigenvalue weighted by molar-refractivity contribution is -0.123. The van der Waals surface area contributed by atoms with Gasteiger partial charge >= 0.3 is 0 Å². The SMILES string of the molecule is O=C(COc1cccc(F)c1)NCC(c1ccsc1)N1CCCCC1. The van der Waals surface area contributed by atoms with Gasteiger partial charge in [-0.15, -0.1) is 0 Å². The molecule has 1 amide bonds. The number of benzene rings is 1. The van der Waals surface area contributed by atoms with Crippen molar-refractivity contribution in [2.45, 2.75) is 25.3 Å². The molecule has 0 spiro atoms. The summed E-state index contributed by atoms with van der Waals surface area (Å²) in [7, 11) is 0. The highest BCUT2D eigenvalue weighted by Crippen LogP contribution is 2.25. The zero-order chi connectivity index (χ0) is 17.5. The van der Waals surface area contributed by atoms with E-state index >= 15 is 0 Å². The summed E-state index contributed by atoms with van der Waals surface area (Å²) in [5, 5.41) is 7.18. The third-order valence-electron chi connectivity index (χ3n) is 4.42. The summed E-state index contributed by atoms with van der Waals surface area (Å²) in [6.45, 7) is 2.58. The van der Waals surface area contributed by atoms with Gasteiger partial charge in [-0.25, -0.2) is 4.39 Å². The number of carbonyl (C=O) groups is 1. The largest absolute Gasteiger partial charge is 0.484 e. The number of likely N-dealkylation sites (tertiary alicyclic amines) is 1. The van der Waals surface area contributed by atoms with E-state index in [-0.39, 0.29) is 24.4 Å². The lowest BCUT2D eigenvalue weighted by Crippen LogP contribution is -2.41. The fourth-order valence-corrected chi connectivity index (χ4v) is 3.83. The molecule has 1 aliphatic heterocycles. The molecular weight excluding hydrogens is 339 g/mol. The van der Waals surface area contributed by atoms with Crippen LogP contribution in [0.2, 0.25) is 0 Å². The monoisotopic (exact) mass is 362 g/mol. The topological polar surface area (TPSA) is 41.6 Å². The van der Waals surface area contributed by atoms with E-state index < -0.39 is 0 Å². The minimum atomic E-state index is -0.375. The molecule has 1 N–H and O–H groups in total. The fraction of sp³-hybridized carbons (Fsp3) is 0.421. The van der Waals surface area contributed by atoms with Crippen LogP contribution in [0.25, 0.3) is 0 Å². The molecule has 1 unspecified atom stereocenters. The predicted octanol–water partition coefficient (Wildman–Crippen LogP) is 3.61. The van der Waals surface area contributed by atoms with Crippen LogP contribution in [-0.2, 0) is 4.79 Å². The number of ether oxygens (including phenoxy) is 1. The zero-order valence-electron chi connectivity index (χ0n) is 14.1. The maximum Gasteiger partial charge on any atom is 0.258 e. The summed E-state index contributed by atoms with van der Waals surface area (Å²) in [6.07, 6.45) is 3.69. The molecule has 6 heteroatoms. The predicted molar refractivity (Wildman–Crippen MR) is 97.4 cm³/mol. The number of piperidine rings is 1. The van der Waals surface area contributed by atoms with Gasteiger partial charge in [0.15, 0.2) is 6.61 Å². The average Bonchev–Trinajstić information content (AvgIpc) is 3.15. The Bertz CT molecular complexity index is 672. The van der Waals surface area contributed by atoms with Crippen molar-refractivity contribution in [3.05, 3.63) is 52.5 Å². The van der Waals surface area contributed by atoms with Crippen molar-refractivity contribution in [2.24, 2.45) is 0 Å². The van der Waals surface area contributed by atoms with Gasteiger partial charge in [-0.05, 0) is 60.5 Å². The maximum absolute atomic E-state index is 13.1. The maximum atomic E-state index is 13.1. The lowest BCUT2D eigenvalue weighted by Gasteiger charge is -2.34. The van der Waals surface area contributed by atoms with Gasteiger partial charge in [0.25, 0.3) is 5.91 Å². The van der Waals surface area contributed by atoms with Gasteiger partial charge in [0.2, 0.25) is 0 Å². The Morgan fingerprint density at radius 1 is 1.28 bits per heavy atom. The van der Waals surface area contributed by atoms with Crippen molar-refractivity contribution in [3.8, 4) is 5.75 Å². The van der Waals surface area contributed by atoms with E-state index in [2.05, 4.69) is 27.0 Å². The van der Waals surface area contributed by atoms with Crippen molar-refractivity contribution in [1.29, 1.82) is 0 Å². The molecular formula is C19H23FN2O2S. The second kappa shape index (κ2) is 8.97. The van der Waals surface area contributed by atoms with Crippen molar-refractivity contribution in [1.82, 2.24) is 10.2 Å². The smallest absolute Gasteiger partial charge is 0.258 e. The van der Waals surface area contributed by atoms with E-state index in [1.54, 1.807) is 23.5 Å². The molecule has 4 nitrogen and oxygen atoms in total. The number of rotatable bonds is 7. The first-order chi connectivity index (χ1) is 12.2. The van der Waals surface area contributed by atoms with Crippen LogP contribution in [0, 0.1) is 5.82 Å². The summed E-state index contributed by atoms with van der Waals surface area (Å²) in [6, 6.07) is 8.14. The Morgan fingerprint density at radius 3 is 2.84 bits per heavy atom. The quantitative estimate of drug-likeness (QED) is 0.818. The molecule has 0 saturated carbocycles. The van der Waals surface area contributed by atoms with E-state index in [1.807, 2.05) is 0 Å². The van der Waals surface area contributed by atoms with Gasteiger partial charge < -0.3 is 10.1 Å². The van der Waals surface area contributed by atoms with Crippen LogP contribution in [-0.4, -0.2) is 37.0 Å². The zero-order valence-corrected chi connectivity index (χ0v) is 14.9. The van der Waals surface area contributed by atoms with E-state index in [4.69, 9.17) is 4.74 Å². The summed E-state index contributed by atoms with van der Waals surface area (Å²) >= 11 is 1.68. The van der Waals surface area contributed by atoms with Crippen LogP contribution in [0.5, 0.6) is 5.75 Å². The van der Waals surface area contributed by atoms with Crippen molar-refractivity contribution in [3.63, 3.8) is 0 Å². The van der Waals surface area contributed by atoms with E-state index in [0.29, 0.717) is 12.3 Å². The van der Waals surface area contributed by atoms with Gasteiger partial charge in [0.1, 0.15) is 11.6 Å². The van der Waals surface area contributed by atoms with Gasteiger partial charge in [-0.2, -0.15) is 11.3 Å². The number of nitrogens with zero attached hydrogens (tertiary/aromatic N) is 1. The molecule has 2 aromatic rings. The first kappa shape index (κ1) is 17.9. The number of nitrogens with one attached hydrogen (secondary N) is 1. The molecule has 0 aliphatic carbocycles. The van der Waals surface area contributed by atoms with Crippen LogP contribution in [0.15, 0.2) is 41.1 Å². The Labute approximate surface area is 151 Å². The van der Waals surface area contributed by atoms with Crippen LogP contribution in [0.4, 0.5) is 4.39 Å². The molecule has 3 rings (SSSR count). The highest BCUT2D eigenvalue weighted by molar-refractivity contribution is 7.07. The molecule has 25 heavy (non-hydrogen) atoms. The summed E-state index contributed by atoms with van der Waals surface area (Å²) in [5.74, 6) is -0.206. The number of amides is 1. The molecule has 1 aliphatic rings. The number of thiophene rings is 1. The number of hydrogen-bond acceptors (Lipinski definition) is 4. The Kier molecular flexibility index (Phi) is 6.42. The normalized spacial score (nSPS) is 16.4. The van der Waals surface area contributed by atoms with Crippen molar-refractivity contribution >= 4 is 17.2 Å². The molecule has 1 aromatic heterocycles. The van der Waals surface area contributed by atoms with Crippen molar-refractivity contribution in [2.75, 3.05) is 26.2 Å². The first-order valence-electron chi connectivity index (χ1n) is 8.63. The molecule has 1 saturated heterocycles. The molecule has 0 radical (unpaired) electrons. The average molecular weight is 362 g/mol. The molecule has 1 atom stereocenters. The van der Waals surface area contributed by atoms with Gasteiger partial charge in [-0.3, -0.25) is 9.69 Å². The molecule has 1 aromatic carbocycles. The highest BCUT2D eigenvalue weighted by atomic mass is 32.1. The van der Waals surface area contributed by atoms with Gasteiger partial charge in [0, 0.05) is 12.6 Å². The molecule has 1 fully saturated rings. The number of hydrogen-bond donors (Lipinski definition) is 1.